The maximum absolute atomic E-state index is 3.65. The van der Waals surface area contributed by atoms with Gasteiger partial charge in [0.2, 0.25) is 0 Å². The normalized spacial score (nSPS) is 26.5. The minimum absolute atomic E-state index is 0.245. The first kappa shape index (κ1) is 15.3. The summed E-state index contributed by atoms with van der Waals surface area (Å²) in [6.45, 7) is 12.9. The highest BCUT2D eigenvalue weighted by atomic mass is 15.2. The molecule has 0 bridgehead atoms. The van der Waals surface area contributed by atoms with Crippen LogP contribution in [0.15, 0.2) is 0 Å². The Morgan fingerprint density at radius 3 is 2.11 bits per heavy atom. The molecular weight excluding hydrogens is 232 g/mol. The topological polar surface area (TPSA) is 15.3 Å². The summed E-state index contributed by atoms with van der Waals surface area (Å²) in [5, 5.41) is 3.65. The molecule has 0 aromatic carbocycles. The molecule has 1 saturated carbocycles. The van der Waals surface area contributed by atoms with E-state index >= 15 is 0 Å². The van der Waals surface area contributed by atoms with Crippen molar-refractivity contribution < 1.29 is 0 Å². The molecule has 2 aliphatic rings. The maximum atomic E-state index is 3.65. The lowest BCUT2D eigenvalue weighted by Crippen LogP contribution is -2.50. The molecule has 2 rings (SSSR count). The lowest BCUT2D eigenvalue weighted by molar-refractivity contribution is 0.0476. The van der Waals surface area contributed by atoms with Gasteiger partial charge in [0.15, 0.2) is 0 Å². The van der Waals surface area contributed by atoms with Crippen LogP contribution in [0.2, 0.25) is 0 Å². The van der Waals surface area contributed by atoms with E-state index in [2.05, 4.69) is 37.9 Å². The third kappa shape index (κ3) is 4.46. The number of nitrogens with one attached hydrogen (secondary N) is 1. The van der Waals surface area contributed by atoms with Gasteiger partial charge in [-0.3, -0.25) is 4.90 Å². The minimum atomic E-state index is 0.245. The van der Waals surface area contributed by atoms with Gasteiger partial charge >= 0.3 is 0 Å². The quantitative estimate of drug-likeness (QED) is 0.835. The van der Waals surface area contributed by atoms with Crippen molar-refractivity contribution in [2.24, 2.45) is 5.41 Å². The fraction of sp³-hybridized carbons (Fsp3) is 1.00. The third-order valence-electron chi connectivity index (χ3n) is 5.32. The average Bonchev–Trinajstić information content (AvgIpc) is 2.37. The smallest absolute Gasteiger partial charge is 0.0192 e. The van der Waals surface area contributed by atoms with Gasteiger partial charge in [-0.2, -0.15) is 0 Å². The van der Waals surface area contributed by atoms with Crippen molar-refractivity contribution >= 4 is 0 Å². The summed E-state index contributed by atoms with van der Waals surface area (Å²) < 4.78 is 0. The maximum Gasteiger partial charge on any atom is 0.0192 e. The van der Waals surface area contributed by atoms with Crippen molar-refractivity contribution in [3.63, 3.8) is 0 Å². The first-order valence-corrected chi connectivity index (χ1v) is 8.39. The predicted molar refractivity (Wildman–Crippen MR) is 83.5 cm³/mol. The molecular formula is C17H34N2. The van der Waals surface area contributed by atoms with Gasteiger partial charge in [-0.25, -0.2) is 0 Å². The molecule has 1 heterocycles. The SMILES string of the molecule is CC(CNC(C)(C)C)N1CCC2(CCCCC2)CC1. The van der Waals surface area contributed by atoms with Gasteiger partial charge in [0, 0.05) is 18.1 Å². The molecule has 2 heteroatoms. The average molecular weight is 266 g/mol. The summed E-state index contributed by atoms with van der Waals surface area (Å²) in [6.07, 6.45) is 10.4. The molecule has 2 nitrogen and oxygen atoms in total. The lowest BCUT2D eigenvalue weighted by atomic mass is 9.68. The van der Waals surface area contributed by atoms with Crippen LogP contribution >= 0.6 is 0 Å². The number of likely N-dealkylation sites (tertiary alicyclic amines) is 1. The molecule has 1 aliphatic heterocycles. The van der Waals surface area contributed by atoms with Crippen LogP contribution in [0.3, 0.4) is 0 Å². The summed E-state index contributed by atoms with van der Waals surface area (Å²) in [5.41, 5.74) is 0.987. The summed E-state index contributed by atoms with van der Waals surface area (Å²) in [5.74, 6) is 0. The molecule has 1 N–H and O–H groups in total. The standard InChI is InChI=1S/C17H34N2/c1-15(14-18-16(2,3)4)19-12-10-17(11-13-19)8-6-5-7-9-17/h15,18H,5-14H2,1-4H3. The molecule has 112 valence electrons. The minimum Gasteiger partial charge on any atom is -0.311 e. The zero-order chi connectivity index (χ0) is 13.9. The van der Waals surface area contributed by atoms with Crippen LogP contribution in [0.5, 0.6) is 0 Å². The Morgan fingerprint density at radius 2 is 1.58 bits per heavy atom. The van der Waals surface area contributed by atoms with Gasteiger partial charge in [-0.05, 0) is 71.9 Å². The van der Waals surface area contributed by atoms with Gasteiger partial charge in [-0.15, -0.1) is 0 Å². The van der Waals surface area contributed by atoms with E-state index in [1.165, 1.54) is 58.0 Å². The summed E-state index contributed by atoms with van der Waals surface area (Å²) in [6, 6.07) is 0.681. The first-order chi connectivity index (χ1) is 8.90. The number of piperidine rings is 1. The molecule has 0 aromatic rings. The summed E-state index contributed by atoms with van der Waals surface area (Å²) in [4.78, 5) is 2.71. The van der Waals surface area contributed by atoms with Gasteiger partial charge < -0.3 is 5.32 Å². The molecule has 0 aromatic heterocycles. The first-order valence-electron chi connectivity index (χ1n) is 8.39. The van der Waals surface area contributed by atoms with E-state index in [1.807, 2.05) is 0 Å². The predicted octanol–water partition coefficient (Wildman–Crippen LogP) is 3.81. The molecule has 0 amide bonds. The Hall–Kier alpha value is -0.0800. The Bertz CT molecular complexity index is 263. The second-order valence-electron chi connectivity index (χ2n) is 8.08. The van der Waals surface area contributed by atoms with E-state index in [0.29, 0.717) is 6.04 Å². The van der Waals surface area contributed by atoms with Crippen molar-refractivity contribution in [1.82, 2.24) is 10.2 Å². The third-order valence-corrected chi connectivity index (χ3v) is 5.32. The molecule has 1 aliphatic carbocycles. The van der Waals surface area contributed by atoms with E-state index in [9.17, 15) is 0 Å². The second kappa shape index (κ2) is 6.13. The molecule has 2 fully saturated rings. The van der Waals surface area contributed by atoms with Gasteiger partial charge in [-0.1, -0.05) is 19.3 Å². The van der Waals surface area contributed by atoms with Crippen molar-refractivity contribution in [3.8, 4) is 0 Å². The van der Waals surface area contributed by atoms with Crippen LogP contribution in [-0.4, -0.2) is 36.1 Å². The van der Waals surface area contributed by atoms with Crippen molar-refractivity contribution in [3.05, 3.63) is 0 Å². The van der Waals surface area contributed by atoms with E-state index < -0.39 is 0 Å². The van der Waals surface area contributed by atoms with Crippen molar-refractivity contribution in [2.45, 2.75) is 84.2 Å². The fourth-order valence-corrected chi connectivity index (χ4v) is 3.82. The monoisotopic (exact) mass is 266 g/mol. The highest BCUT2D eigenvalue weighted by Crippen LogP contribution is 2.44. The molecule has 1 unspecified atom stereocenters. The van der Waals surface area contributed by atoms with Crippen LogP contribution in [0.25, 0.3) is 0 Å². The Kier molecular flexibility index (Phi) is 4.94. The highest BCUT2D eigenvalue weighted by molar-refractivity contribution is 4.90. The highest BCUT2D eigenvalue weighted by Gasteiger charge is 2.36. The lowest BCUT2D eigenvalue weighted by Gasteiger charge is -2.46. The number of rotatable bonds is 3. The van der Waals surface area contributed by atoms with E-state index in [-0.39, 0.29) is 5.54 Å². The zero-order valence-electron chi connectivity index (χ0n) is 13.6. The van der Waals surface area contributed by atoms with Gasteiger partial charge in [0.1, 0.15) is 0 Å². The van der Waals surface area contributed by atoms with Crippen LogP contribution in [0.4, 0.5) is 0 Å². The zero-order valence-corrected chi connectivity index (χ0v) is 13.6. The molecule has 1 spiro atoms. The number of hydrogen-bond acceptors (Lipinski definition) is 2. The molecule has 1 saturated heterocycles. The van der Waals surface area contributed by atoms with Crippen LogP contribution in [0.1, 0.15) is 72.6 Å². The number of hydrogen-bond donors (Lipinski definition) is 1. The number of nitrogens with zero attached hydrogens (tertiary/aromatic N) is 1. The second-order valence-corrected chi connectivity index (χ2v) is 8.08. The van der Waals surface area contributed by atoms with Gasteiger partial charge in [0.25, 0.3) is 0 Å². The Balaban J connectivity index is 1.76. The molecule has 19 heavy (non-hydrogen) atoms. The van der Waals surface area contributed by atoms with Crippen LogP contribution in [0, 0.1) is 5.41 Å². The van der Waals surface area contributed by atoms with Crippen LogP contribution < -0.4 is 5.32 Å². The molecule has 1 atom stereocenters. The summed E-state index contributed by atoms with van der Waals surface area (Å²) in [7, 11) is 0. The fourth-order valence-electron chi connectivity index (χ4n) is 3.82. The Labute approximate surface area is 120 Å². The van der Waals surface area contributed by atoms with Gasteiger partial charge in [0.05, 0.1) is 0 Å². The van der Waals surface area contributed by atoms with E-state index in [0.717, 1.165) is 12.0 Å². The largest absolute Gasteiger partial charge is 0.311 e. The van der Waals surface area contributed by atoms with E-state index in [1.54, 1.807) is 0 Å². The van der Waals surface area contributed by atoms with E-state index in [4.69, 9.17) is 0 Å². The van der Waals surface area contributed by atoms with Crippen molar-refractivity contribution in [2.75, 3.05) is 19.6 Å². The Morgan fingerprint density at radius 1 is 1.00 bits per heavy atom. The van der Waals surface area contributed by atoms with Crippen LogP contribution in [-0.2, 0) is 0 Å². The summed E-state index contributed by atoms with van der Waals surface area (Å²) >= 11 is 0. The van der Waals surface area contributed by atoms with Crippen molar-refractivity contribution in [1.29, 1.82) is 0 Å². The molecule has 0 radical (unpaired) electrons.